The summed E-state index contributed by atoms with van der Waals surface area (Å²) < 4.78 is 4.23. The fourth-order valence-electron chi connectivity index (χ4n) is 0.643. The molecule has 0 aliphatic heterocycles. The fraction of sp³-hybridized carbons (Fsp3) is 0.429. The van der Waals surface area contributed by atoms with Crippen LogP contribution in [0.25, 0.3) is 0 Å². The lowest BCUT2D eigenvalue weighted by Crippen LogP contribution is -1.85. The quantitative estimate of drug-likeness (QED) is 0.638. The zero-order valence-corrected chi connectivity index (χ0v) is 7.72. The molecule has 1 heterocycles. The molecule has 0 bridgehead atoms. The number of hydrogen-bond donors (Lipinski definition) is 0. The third kappa shape index (κ3) is 2.76. The van der Waals surface area contributed by atoms with Crippen LogP contribution in [0.2, 0.25) is 0 Å². The Balaban J connectivity index is 2.97. The van der Waals surface area contributed by atoms with Crippen LogP contribution in [0.4, 0.5) is 5.95 Å². The second kappa shape index (κ2) is 3.57. The maximum absolute atomic E-state index is 4.23. The van der Waals surface area contributed by atoms with E-state index in [0.717, 1.165) is 5.69 Å². The van der Waals surface area contributed by atoms with E-state index in [1.54, 1.807) is 6.20 Å². The largest absolute Gasteiger partial charge is 0.255 e. The molecule has 0 aliphatic rings. The average Bonchev–Trinajstić information content (AvgIpc) is 1.85. The summed E-state index contributed by atoms with van der Waals surface area (Å²) in [5, 5.41) is 0. The van der Waals surface area contributed by atoms with Gasteiger partial charge in [0.15, 0.2) is 0 Å². The van der Waals surface area contributed by atoms with E-state index in [-0.39, 0.29) is 10.7 Å². The Hall–Kier alpha value is -0.770. The molecule has 11 heavy (non-hydrogen) atoms. The van der Waals surface area contributed by atoms with Gasteiger partial charge in [0, 0.05) is 11.9 Å². The third-order valence-corrected chi connectivity index (χ3v) is 1.57. The van der Waals surface area contributed by atoms with Gasteiger partial charge in [-0.2, -0.15) is 4.36 Å². The number of hydrogen-bond acceptors (Lipinski definition) is 3. The molecule has 60 valence electrons. The van der Waals surface area contributed by atoms with E-state index in [1.165, 1.54) is 0 Å². The number of aryl methyl sites for hydroxylation is 1. The first-order valence-electron chi connectivity index (χ1n) is 3.27. The zero-order valence-electron chi connectivity index (χ0n) is 6.90. The van der Waals surface area contributed by atoms with Crippen molar-refractivity contribution in [3.63, 3.8) is 0 Å². The second-order valence-electron chi connectivity index (χ2n) is 2.36. The molecule has 1 rings (SSSR count). The predicted octanol–water partition coefficient (Wildman–Crippen LogP) is 1.48. The smallest absolute Gasteiger partial charge is 0.219 e. The van der Waals surface area contributed by atoms with E-state index < -0.39 is 0 Å². The van der Waals surface area contributed by atoms with Crippen LogP contribution >= 0.6 is 0 Å². The van der Waals surface area contributed by atoms with E-state index in [1.807, 2.05) is 25.5 Å². The lowest BCUT2D eigenvalue weighted by Gasteiger charge is -1.93. The van der Waals surface area contributed by atoms with Crippen LogP contribution < -0.4 is 0 Å². The van der Waals surface area contributed by atoms with Crippen molar-refractivity contribution in [1.29, 1.82) is 0 Å². The topological polar surface area (TPSA) is 38.1 Å². The molecule has 0 radical (unpaired) electrons. The predicted molar refractivity (Wildman–Crippen MR) is 48.1 cm³/mol. The molecule has 0 saturated carbocycles. The average molecular weight is 169 g/mol. The van der Waals surface area contributed by atoms with Gasteiger partial charge in [0.2, 0.25) is 0 Å². The maximum atomic E-state index is 4.23. The van der Waals surface area contributed by atoms with Gasteiger partial charge in [-0.05, 0) is 25.5 Å². The number of aromatic nitrogens is 2. The highest BCUT2D eigenvalue weighted by Crippen LogP contribution is 2.03. The van der Waals surface area contributed by atoms with Crippen molar-refractivity contribution in [2.45, 2.75) is 6.92 Å². The summed E-state index contributed by atoms with van der Waals surface area (Å²) in [7, 11) is 0.0252. The van der Waals surface area contributed by atoms with Gasteiger partial charge < -0.3 is 0 Å². The summed E-state index contributed by atoms with van der Waals surface area (Å²) in [6.07, 6.45) is 5.80. The van der Waals surface area contributed by atoms with Crippen LogP contribution in [0.5, 0.6) is 0 Å². The Kier molecular flexibility index (Phi) is 2.70. The summed E-state index contributed by atoms with van der Waals surface area (Å²) in [5.74, 6) is 0.596. The van der Waals surface area contributed by atoms with Crippen LogP contribution in [0.15, 0.2) is 16.6 Å². The van der Waals surface area contributed by atoms with Crippen LogP contribution in [0, 0.1) is 6.92 Å². The molecule has 0 fully saturated rings. The first-order valence-corrected chi connectivity index (χ1v) is 5.27. The molecule has 1 aromatic rings. The lowest BCUT2D eigenvalue weighted by atomic mass is 10.5. The molecule has 0 spiro atoms. The molecule has 0 aliphatic carbocycles. The minimum Gasteiger partial charge on any atom is -0.219 e. The molecular weight excluding hydrogens is 158 g/mol. The van der Waals surface area contributed by atoms with Gasteiger partial charge in [0.05, 0.1) is 0 Å². The molecule has 0 unspecified atom stereocenters. The van der Waals surface area contributed by atoms with Gasteiger partial charge in [0.1, 0.15) is 0 Å². The first kappa shape index (κ1) is 8.33. The highest BCUT2D eigenvalue weighted by Gasteiger charge is 1.90. The lowest BCUT2D eigenvalue weighted by molar-refractivity contribution is 1.09. The Labute approximate surface area is 69.0 Å². The molecule has 0 aromatic carbocycles. The molecular formula is C7H11N3S. The van der Waals surface area contributed by atoms with Crippen LogP contribution in [-0.2, 0) is 10.7 Å². The van der Waals surface area contributed by atoms with Crippen molar-refractivity contribution in [3.05, 3.63) is 18.0 Å². The van der Waals surface area contributed by atoms with Crippen LogP contribution in [0.3, 0.4) is 0 Å². The Morgan fingerprint density at radius 1 is 1.45 bits per heavy atom. The SMILES string of the molecule is Cc1ccnc(N=S(C)C)n1. The summed E-state index contributed by atoms with van der Waals surface area (Å²) in [6, 6.07) is 1.86. The summed E-state index contributed by atoms with van der Waals surface area (Å²) in [5.41, 5.74) is 0.962. The van der Waals surface area contributed by atoms with Gasteiger partial charge in [0.25, 0.3) is 5.95 Å². The normalized spacial score (nSPS) is 10.2. The molecule has 1 aromatic heterocycles. The van der Waals surface area contributed by atoms with E-state index >= 15 is 0 Å². The van der Waals surface area contributed by atoms with Gasteiger partial charge in [-0.1, -0.05) is 10.7 Å². The molecule has 0 atom stereocenters. The van der Waals surface area contributed by atoms with Crippen LogP contribution in [-0.4, -0.2) is 22.5 Å². The van der Waals surface area contributed by atoms with Crippen LogP contribution in [0.1, 0.15) is 5.69 Å². The van der Waals surface area contributed by atoms with Crippen molar-refractivity contribution >= 4 is 16.6 Å². The molecule has 0 N–H and O–H groups in total. The van der Waals surface area contributed by atoms with E-state index in [2.05, 4.69) is 14.3 Å². The van der Waals surface area contributed by atoms with Gasteiger partial charge in [-0.25, -0.2) is 9.97 Å². The van der Waals surface area contributed by atoms with E-state index in [0.29, 0.717) is 5.95 Å². The highest BCUT2D eigenvalue weighted by atomic mass is 32.2. The molecule has 3 nitrogen and oxygen atoms in total. The van der Waals surface area contributed by atoms with E-state index in [4.69, 9.17) is 0 Å². The minimum absolute atomic E-state index is 0.0252. The van der Waals surface area contributed by atoms with E-state index in [9.17, 15) is 0 Å². The Morgan fingerprint density at radius 3 is 2.73 bits per heavy atom. The highest BCUT2D eigenvalue weighted by molar-refractivity contribution is 7.85. The monoisotopic (exact) mass is 169 g/mol. The maximum Gasteiger partial charge on any atom is 0.255 e. The van der Waals surface area contributed by atoms with Crippen molar-refractivity contribution in [1.82, 2.24) is 9.97 Å². The first-order chi connectivity index (χ1) is 5.18. The molecule has 0 amide bonds. The standard InChI is InChI=1S/C7H11N3S/c1-6-4-5-8-7(9-6)10-11(2)3/h4-5H,1-3H3. The van der Waals surface area contributed by atoms with Crippen molar-refractivity contribution in [2.24, 2.45) is 4.36 Å². The Morgan fingerprint density at radius 2 is 2.18 bits per heavy atom. The zero-order chi connectivity index (χ0) is 8.27. The third-order valence-electron chi connectivity index (χ3n) is 1.05. The minimum atomic E-state index is 0.0252. The fourth-order valence-corrected chi connectivity index (χ4v) is 1.06. The van der Waals surface area contributed by atoms with Crippen molar-refractivity contribution in [2.75, 3.05) is 12.5 Å². The van der Waals surface area contributed by atoms with Gasteiger partial charge in [-0.3, -0.25) is 0 Å². The second-order valence-corrected chi connectivity index (χ2v) is 4.09. The number of rotatable bonds is 1. The Bertz CT molecular complexity index is 279. The van der Waals surface area contributed by atoms with Gasteiger partial charge in [-0.15, -0.1) is 0 Å². The summed E-state index contributed by atoms with van der Waals surface area (Å²) in [6.45, 7) is 1.93. The molecule has 0 saturated heterocycles. The van der Waals surface area contributed by atoms with Crippen molar-refractivity contribution < 1.29 is 0 Å². The summed E-state index contributed by atoms with van der Waals surface area (Å²) in [4.78, 5) is 8.15. The summed E-state index contributed by atoms with van der Waals surface area (Å²) >= 11 is 0. The van der Waals surface area contributed by atoms with Crippen molar-refractivity contribution in [3.8, 4) is 0 Å². The number of nitrogens with zero attached hydrogens (tertiary/aromatic N) is 3. The molecule has 4 heteroatoms. The van der Waals surface area contributed by atoms with Gasteiger partial charge >= 0.3 is 0 Å².